The molecule has 0 radical (unpaired) electrons. The number of hydrogen-bond acceptors (Lipinski definition) is 5. The third-order valence-corrected chi connectivity index (χ3v) is 3.21. The number of anilines is 1. The molecular weight excluding hydrogens is 304 g/mol. The van der Waals surface area contributed by atoms with Crippen molar-refractivity contribution in [3.05, 3.63) is 65.7 Å². The number of carbonyl (C=O) groups is 2. The van der Waals surface area contributed by atoms with Gasteiger partial charge in [0.2, 0.25) is 5.71 Å². The molecule has 2 aromatic carbocycles. The zero-order chi connectivity index (χ0) is 17.4. The first-order chi connectivity index (χ1) is 11.6. The van der Waals surface area contributed by atoms with Gasteiger partial charge < -0.3 is 5.32 Å². The molecule has 0 saturated carbocycles. The number of benzene rings is 2. The number of nitrogens with one attached hydrogen (secondary N) is 2. The molecule has 2 aromatic rings. The van der Waals surface area contributed by atoms with Crippen molar-refractivity contribution in [1.82, 2.24) is 5.32 Å². The number of carbonyl (C=O) groups excluding carboxylic acids is 2. The summed E-state index contributed by atoms with van der Waals surface area (Å²) in [4.78, 5) is 23.2. The van der Waals surface area contributed by atoms with E-state index in [0.29, 0.717) is 17.8 Å². The van der Waals surface area contributed by atoms with Crippen molar-refractivity contribution in [1.29, 1.82) is 5.26 Å². The molecule has 6 heteroatoms. The summed E-state index contributed by atoms with van der Waals surface area (Å²) in [6.07, 6.45) is 0. The van der Waals surface area contributed by atoms with Gasteiger partial charge in [0, 0.05) is 12.1 Å². The SMILES string of the molecule is CC(=O)c1ccc(N/N=C(/C#N)C(=O)NCc2ccccc2)cc1. The summed E-state index contributed by atoms with van der Waals surface area (Å²) in [5.74, 6) is -0.600. The molecule has 2 N–H and O–H groups in total. The van der Waals surface area contributed by atoms with Crippen LogP contribution in [0.25, 0.3) is 0 Å². The summed E-state index contributed by atoms with van der Waals surface area (Å²) in [5, 5.41) is 15.5. The van der Waals surface area contributed by atoms with E-state index in [-0.39, 0.29) is 11.5 Å². The second-order valence-corrected chi connectivity index (χ2v) is 4.99. The van der Waals surface area contributed by atoms with Crippen LogP contribution >= 0.6 is 0 Å². The molecule has 0 heterocycles. The van der Waals surface area contributed by atoms with Crippen LogP contribution in [-0.4, -0.2) is 17.4 Å². The Kier molecular flexibility index (Phi) is 5.81. The molecule has 0 aliphatic carbocycles. The maximum atomic E-state index is 12.0. The van der Waals surface area contributed by atoms with Gasteiger partial charge in [0.05, 0.1) is 5.69 Å². The molecule has 0 spiro atoms. The first-order valence-corrected chi connectivity index (χ1v) is 7.27. The Bertz CT molecular complexity index is 790. The van der Waals surface area contributed by atoms with E-state index < -0.39 is 5.91 Å². The van der Waals surface area contributed by atoms with Crippen LogP contribution in [0, 0.1) is 11.3 Å². The molecule has 24 heavy (non-hydrogen) atoms. The minimum Gasteiger partial charge on any atom is -0.346 e. The van der Waals surface area contributed by atoms with E-state index in [2.05, 4.69) is 15.8 Å². The summed E-state index contributed by atoms with van der Waals surface area (Å²) < 4.78 is 0. The standard InChI is InChI=1S/C18H16N4O2/c1-13(23)15-7-9-16(10-8-15)21-22-17(11-19)18(24)20-12-14-5-3-2-4-6-14/h2-10,21H,12H2,1H3,(H,20,24)/b22-17-. The van der Waals surface area contributed by atoms with Crippen molar-refractivity contribution in [3.8, 4) is 6.07 Å². The Morgan fingerprint density at radius 2 is 1.75 bits per heavy atom. The minimum atomic E-state index is -0.561. The lowest BCUT2D eigenvalue weighted by atomic mass is 10.1. The molecule has 0 aromatic heterocycles. The zero-order valence-electron chi connectivity index (χ0n) is 13.1. The van der Waals surface area contributed by atoms with Crippen LogP contribution in [-0.2, 0) is 11.3 Å². The fourth-order valence-electron chi connectivity index (χ4n) is 1.89. The van der Waals surface area contributed by atoms with Crippen molar-refractivity contribution >= 4 is 23.1 Å². The van der Waals surface area contributed by atoms with Crippen molar-refractivity contribution in [2.45, 2.75) is 13.5 Å². The average Bonchev–Trinajstić information content (AvgIpc) is 2.61. The van der Waals surface area contributed by atoms with Crippen molar-refractivity contribution in [2.75, 3.05) is 5.43 Å². The summed E-state index contributed by atoms with van der Waals surface area (Å²) >= 11 is 0. The molecule has 0 aliphatic rings. The highest BCUT2D eigenvalue weighted by Crippen LogP contribution is 2.10. The number of hydrogen-bond donors (Lipinski definition) is 2. The van der Waals surface area contributed by atoms with Gasteiger partial charge in [0.1, 0.15) is 6.07 Å². The Hall–Kier alpha value is -3.46. The van der Waals surface area contributed by atoms with Gasteiger partial charge >= 0.3 is 0 Å². The highest BCUT2D eigenvalue weighted by molar-refractivity contribution is 6.45. The Morgan fingerprint density at radius 1 is 1.08 bits per heavy atom. The fourth-order valence-corrected chi connectivity index (χ4v) is 1.89. The van der Waals surface area contributed by atoms with Crippen LogP contribution in [0.1, 0.15) is 22.8 Å². The van der Waals surface area contributed by atoms with Crippen molar-refractivity contribution in [2.24, 2.45) is 5.10 Å². The largest absolute Gasteiger partial charge is 0.346 e. The molecule has 0 aliphatic heterocycles. The van der Waals surface area contributed by atoms with E-state index in [0.717, 1.165) is 5.56 Å². The first-order valence-electron chi connectivity index (χ1n) is 7.27. The second-order valence-electron chi connectivity index (χ2n) is 4.99. The number of hydrazone groups is 1. The monoisotopic (exact) mass is 320 g/mol. The van der Waals surface area contributed by atoms with E-state index in [1.165, 1.54) is 6.92 Å². The van der Waals surface area contributed by atoms with Crippen LogP contribution in [0.2, 0.25) is 0 Å². The van der Waals surface area contributed by atoms with Gasteiger partial charge in [0.15, 0.2) is 5.78 Å². The number of ketones is 1. The summed E-state index contributed by atoms with van der Waals surface area (Å²) in [5.41, 5.74) is 4.43. The molecule has 0 unspecified atom stereocenters. The van der Waals surface area contributed by atoms with Gasteiger partial charge in [-0.1, -0.05) is 30.3 Å². The maximum absolute atomic E-state index is 12.0. The number of nitriles is 1. The molecule has 6 nitrogen and oxygen atoms in total. The maximum Gasteiger partial charge on any atom is 0.282 e. The third kappa shape index (κ3) is 4.78. The van der Waals surface area contributed by atoms with Crippen molar-refractivity contribution in [3.63, 3.8) is 0 Å². The fraction of sp³-hybridized carbons (Fsp3) is 0.111. The van der Waals surface area contributed by atoms with Crippen LogP contribution in [0.15, 0.2) is 59.7 Å². The van der Waals surface area contributed by atoms with E-state index in [1.54, 1.807) is 30.3 Å². The normalized spacial score (nSPS) is 10.6. The average molecular weight is 320 g/mol. The van der Waals surface area contributed by atoms with Crippen LogP contribution in [0.3, 0.4) is 0 Å². The van der Waals surface area contributed by atoms with E-state index in [1.807, 2.05) is 30.3 Å². The quantitative estimate of drug-likeness (QED) is 0.486. The lowest BCUT2D eigenvalue weighted by molar-refractivity contribution is -0.114. The summed E-state index contributed by atoms with van der Waals surface area (Å²) in [6.45, 7) is 1.79. The predicted molar refractivity (Wildman–Crippen MR) is 91.4 cm³/mol. The molecule has 1 amide bonds. The van der Waals surface area contributed by atoms with Crippen LogP contribution in [0.5, 0.6) is 0 Å². The number of nitrogens with zero attached hydrogens (tertiary/aromatic N) is 2. The van der Waals surface area contributed by atoms with E-state index in [9.17, 15) is 9.59 Å². The van der Waals surface area contributed by atoms with E-state index in [4.69, 9.17) is 5.26 Å². The number of rotatable bonds is 6. The van der Waals surface area contributed by atoms with Gasteiger partial charge in [-0.2, -0.15) is 10.4 Å². The highest BCUT2D eigenvalue weighted by Gasteiger charge is 2.10. The van der Waals surface area contributed by atoms with Gasteiger partial charge in [-0.05, 0) is 36.8 Å². The molecular formula is C18H16N4O2. The van der Waals surface area contributed by atoms with Gasteiger partial charge in [0.25, 0.3) is 5.91 Å². The summed E-state index contributed by atoms with van der Waals surface area (Å²) in [6, 6.07) is 17.7. The molecule has 0 atom stereocenters. The highest BCUT2D eigenvalue weighted by atomic mass is 16.2. The second kappa shape index (κ2) is 8.25. The number of Topliss-reactive ketones (excluding diaryl/α,β-unsaturated/α-hetero) is 1. The minimum absolute atomic E-state index is 0.0388. The lowest BCUT2D eigenvalue weighted by Gasteiger charge is -2.05. The predicted octanol–water partition coefficient (Wildman–Crippen LogP) is 2.50. The molecule has 0 bridgehead atoms. The smallest absolute Gasteiger partial charge is 0.282 e. The lowest BCUT2D eigenvalue weighted by Crippen LogP contribution is -2.30. The Morgan fingerprint density at radius 3 is 2.33 bits per heavy atom. The molecule has 0 saturated heterocycles. The molecule has 0 fully saturated rings. The Labute approximate surface area is 139 Å². The summed E-state index contributed by atoms with van der Waals surface area (Å²) in [7, 11) is 0. The van der Waals surface area contributed by atoms with Crippen molar-refractivity contribution < 1.29 is 9.59 Å². The third-order valence-electron chi connectivity index (χ3n) is 3.21. The van der Waals surface area contributed by atoms with Gasteiger partial charge in [-0.15, -0.1) is 0 Å². The molecule has 120 valence electrons. The van der Waals surface area contributed by atoms with E-state index >= 15 is 0 Å². The van der Waals surface area contributed by atoms with Gasteiger partial charge in [-0.25, -0.2) is 0 Å². The van der Waals surface area contributed by atoms with Crippen LogP contribution < -0.4 is 10.7 Å². The topological polar surface area (TPSA) is 94.3 Å². The van der Waals surface area contributed by atoms with Gasteiger partial charge in [-0.3, -0.25) is 15.0 Å². The Balaban J connectivity index is 1.96. The number of amides is 1. The van der Waals surface area contributed by atoms with Crippen LogP contribution in [0.4, 0.5) is 5.69 Å². The first kappa shape index (κ1) is 16.9. The molecule has 2 rings (SSSR count). The zero-order valence-corrected chi connectivity index (χ0v) is 13.1.